The second kappa shape index (κ2) is 8.58. The van der Waals surface area contributed by atoms with Gasteiger partial charge in [-0.25, -0.2) is 4.68 Å². The smallest absolute Gasteiger partial charge is 0.168 e. The summed E-state index contributed by atoms with van der Waals surface area (Å²) in [6.07, 6.45) is 3.42. The van der Waals surface area contributed by atoms with Gasteiger partial charge in [0, 0.05) is 32.7 Å². The highest BCUT2D eigenvalue weighted by Gasteiger charge is 2.28. The Morgan fingerprint density at radius 3 is 2.36 bits per heavy atom. The summed E-state index contributed by atoms with van der Waals surface area (Å²) in [5.41, 5.74) is 0. The van der Waals surface area contributed by atoms with Crippen molar-refractivity contribution in [3.63, 3.8) is 0 Å². The van der Waals surface area contributed by atoms with Crippen molar-refractivity contribution in [1.82, 2.24) is 30.0 Å². The van der Waals surface area contributed by atoms with E-state index in [1.807, 2.05) is 4.68 Å². The van der Waals surface area contributed by atoms with Crippen molar-refractivity contribution in [3.05, 3.63) is 5.82 Å². The fraction of sp³-hybridized carbons (Fsp3) is 0.938. The van der Waals surface area contributed by atoms with Gasteiger partial charge in [-0.15, -0.1) is 5.10 Å². The van der Waals surface area contributed by atoms with Crippen molar-refractivity contribution in [2.24, 2.45) is 5.92 Å². The lowest BCUT2D eigenvalue weighted by molar-refractivity contribution is 0.0885. The normalized spacial score (nSPS) is 19.0. The molecule has 1 aromatic rings. The van der Waals surface area contributed by atoms with Gasteiger partial charge in [0.1, 0.15) is 0 Å². The highest BCUT2D eigenvalue weighted by atomic mass is 15.5. The van der Waals surface area contributed by atoms with E-state index < -0.39 is 0 Å². The third-order valence-corrected chi connectivity index (χ3v) is 4.63. The summed E-state index contributed by atoms with van der Waals surface area (Å²) in [4.78, 5) is 5.09. The van der Waals surface area contributed by atoms with Gasteiger partial charge >= 0.3 is 0 Å². The number of aryl methyl sites for hydroxylation is 1. The van der Waals surface area contributed by atoms with Crippen LogP contribution in [-0.4, -0.2) is 62.7 Å². The van der Waals surface area contributed by atoms with Crippen molar-refractivity contribution in [2.75, 3.05) is 32.7 Å². The first kappa shape index (κ1) is 17.3. The standard InChI is InChI=1S/C16H32N6/c1-5-7-15(21-12-10-20(6-2)11-13-21)16-17-18-19-22(16)9-8-14(3)4/h14-15H,5-13H2,1-4H3/t15-/m0/s1. The number of rotatable bonds is 8. The maximum Gasteiger partial charge on any atom is 0.168 e. The number of nitrogens with zero attached hydrogens (tertiary/aromatic N) is 6. The molecule has 0 saturated carbocycles. The molecule has 126 valence electrons. The molecule has 1 atom stereocenters. The molecule has 0 radical (unpaired) electrons. The van der Waals surface area contributed by atoms with Gasteiger partial charge in [0.25, 0.3) is 0 Å². The van der Waals surface area contributed by atoms with Crippen molar-refractivity contribution < 1.29 is 0 Å². The zero-order valence-corrected chi connectivity index (χ0v) is 14.7. The molecule has 0 aliphatic carbocycles. The van der Waals surface area contributed by atoms with Gasteiger partial charge in [0.05, 0.1) is 6.04 Å². The van der Waals surface area contributed by atoms with Crippen LogP contribution < -0.4 is 0 Å². The van der Waals surface area contributed by atoms with E-state index in [4.69, 9.17) is 0 Å². The van der Waals surface area contributed by atoms with Crippen LogP contribution in [0.15, 0.2) is 0 Å². The van der Waals surface area contributed by atoms with Crippen molar-refractivity contribution in [1.29, 1.82) is 0 Å². The molecule has 6 nitrogen and oxygen atoms in total. The lowest BCUT2D eigenvalue weighted by atomic mass is 10.1. The lowest BCUT2D eigenvalue weighted by Crippen LogP contribution is -2.47. The average molecular weight is 308 g/mol. The molecule has 22 heavy (non-hydrogen) atoms. The second-order valence-corrected chi connectivity index (χ2v) is 6.72. The van der Waals surface area contributed by atoms with Gasteiger partial charge in [-0.05, 0) is 35.7 Å². The molecular weight excluding hydrogens is 276 g/mol. The van der Waals surface area contributed by atoms with Crippen LogP contribution in [0.4, 0.5) is 0 Å². The minimum absolute atomic E-state index is 0.367. The second-order valence-electron chi connectivity index (χ2n) is 6.72. The molecule has 0 bridgehead atoms. The molecule has 2 heterocycles. The van der Waals surface area contributed by atoms with E-state index in [1.165, 1.54) is 0 Å². The molecule has 1 fully saturated rings. The molecule has 0 unspecified atom stereocenters. The zero-order chi connectivity index (χ0) is 15.9. The minimum atomic E-state index is 0.367. The average Bonchev–Trinajstić information content (AvgIpc) is 2.99. The maximum absolute atomic E-state index is 4.37. The Hall–Kier alpha value is -1.01. The lowest BCUT2D eigenvalue weighted by Gasteiger charge is -2.38. The summed E-state index contributed by atoms with van der Waals surface area (Å²) in [6.45, 7) is 15.6. The molecule has 1 saturated heterocycles. The Balaban J connectivity index is 2.06. The van der Waals surface area contributed by atoms with E-state index >= 15 is 0 Å². The summed E-state index contributed by atoms with van der Waals surface area (Å²) in [7, 11) is 0. The van der Waals surface area contributed by atoms with E-state index in [-0.39, 0.29) is 0 Å². The summed E-state index contributed by atoms with van der Waals surface area (Å²) in [5, 5.41) is 12.6. The van der Waals surface area contributed by atoms with E-state index in [0.717, 1.165) is 64.4 Å². The van der Waals surface area contributed by atoms with Gasteiger partial charge in [0.2, 0.25) is 0 Å². The van der Waals surface area contributed by atoms with Crippen LogP contribution in [0.25, 0.3) is 0 Å². The van der Waals surface area contributed by atoms with E-state index in [1.54, 1.807) is 0 Å². The van der Waals surface area contributed by atoms with Gasteiger partial charge in [-0.2, -0.15) is 0 Å². The third-order valence-electron chi connectivity index (χ3n) is 4.63. The highest BCUT2D eigenvalue weighted by Crippen LogP contribution is 2.25. The van der Waals surface area contributed by atoms with Crippen LogP contribution in [0.5, 0.6) is 0 Å². The van der Waals surface area contributed by atoms with E-state index in [9.17, 15) is 0 Å². The molecule has 1 aliphatic rings. The van der Waals surface area contributed by atoms with Gasteiger partial charge in [0.15, 0.2) is 5.82 Å². The monoisotopic (exact) mass is 308 g/mol. The fourth-order valence-corrected chi connectivity index (χ4v) is 3.13. The number of piperazine rings is 1. The molecule has 1 aliphatic heterocycles. The van der Waals surface area contributed by atoms with Crippen molar-refractivity contribution in [2.45, 2.75) is 59.5 Å². The Morgan fingerprint density at radius 2 is 1.77 bits per heavy atom. The Kier molecular flexibility index (Phi) is 6.76. The molecule has 0 amide bonds. The number of likely N-dealkylation sites (N-methyl/N-ethyl adjacent to an activating group) is 1. The molecule has 1 aromatic heterocycles. The first-order valence-electron chi connectivity index (χ1n) is 8.88. The SMILES string of the molecule is CCC[C@@H](c1nnnn1CCC(C)C)N1CCN(CC)CC1. The fourth-order valence-electron chi connectivity index (χ4n) is 3.13. The largest absolute Gasteiger partial charge is 0.301 e. The molecule has 2 rings (SSSR count). The van der Waals surface area contributed by atoms with Gasteiger partial charge in [-0.3, -0.25) is 4.90 Å². The first-order valence-corrected chi connectivity index (χ1v) is 8.88. The van der Waals surface area contributed by atoms with Crippen molar-refractivity contribution >= 4 is 0 Å². The maximum atomic E-state index is 4.37. The predicted octanol–water partition coefficient (Wildman–Crippen LogP) is 2.20. The number of aromatic nitrogens is 4. The molecule has 6 heteroatoms. The van der Waals surface area contributed by atoms with Crippen LogP contribution in [0.3, 0.4) is 0 Å². The predicted molar refractivity (Wildman–Crippen MR) is 88.6 cm³/mol. The van der Waals surface area contributed by atoms with Crippen LogP contribution in [0, 0.1) is 5.92 Å². The number of hydrogen-bond acceptors (Lipinski definition) is 5. The highest BCUT2D eigenvalue weighted by molar-refractivity contribution is 4.95. The Bertz CT molecular complexity index is 422. The molecule has 0 N–H and O–H groups in total. The topological polar surface area (TPSA) is 50.1 Å². The molecule has 0 spiro atoms. The third kappa shape index (κ3) is 4.49. The first-order chi connectivity index (χ1) is 10.7. The quantitative estimate of drug-likeness (QED) is 0.737. The van der Waals surface area contributed by atoms with E-state index in [0.29, 0.717) is 12.0 Å². The van der Waals surface area contributed by atoms with E-state index in [2.05, 4.69) is 53.0 Å². The van der Waals surface area contributed by atoms with Gasteiger partial charge in [-0.1, -0.05) is 34.1 Å². The zero-order valence-electron chi connectivity index (χ0n) is 14.7. The Morgan fingerprint density at radius 1 is 1.05 bits per heavy atom. The number of tetrazole rings is 1. The minimum Gasteiger partial charge on any atom is -0.301 e. The van der Waals surface area contributed by atoms with Crippen LogP contribution >= 0.6 is 0 Å². The summed E-state index contributed by atoms with van der Waals surface area (Å²) in [5.74, 6) is 1.74. The summed E-state index contributed by atoms with van der Waals surface area (Å²) < 4.78 is 2.03. The Labute approximate surface area is 134 Å². The van der Waals surface area contributed by atoms with Crippen LogP contribution in [0.2, 0.25) is 0 Å². The summed E-state index contributed by atoms with van der Waals surface area (Å²) >= 11 is 0. The number of hydrogen-bond donors (Lipinski definition) is 0. The molecule has 0 aromatic carbocycles. The van der Waals surface area contributed by atoms with Crippen molar-refractivity contribution in [3.8, 4) is 0 Å². The molecular formula is C16H32N6. The van der Waals surface area contributed by atoms with Crippen LogP contribution in [0.1, 0.15) is 58.8 Å². The summed E-state index contributed by atoms with van der Waals surface area (Å²) in [6, 6.07) is 0.367. The van der Waals surface area contributed by atoms with Gasteiger partial charge < -0.3 is 4.90 Å². The van der Waals surface area contributed by atoms with Crippen LogP contribution in [-0.2, 0) is 6.54 Å².